The number of benzene rings is 2. The Labute approximate surface area is 158 Å². The standard InChI is InChI=1S/C21H23N3O3/c1-27-19-9-7-17(8-10-19)20(25)22-11-12-24-18(14-22)15-23(21(24)26)13-16-5-3-2-4-6-16/h2-10,18H,11-15H2,1H3/t18-/m1/s1. The average molecular weight is 365 g/mol. The van der Waals surface area contributed by atoms with E-state index in [2.05, 4.69) is 0 Å². The molecule has 0 aliphatic carbocycles. The molecule has 0 unspecified atom stereocenters. The minimum Gasteiger partial charge on any atom is -0.497 e. The summed E-state index contributed by atoms with van der Waals surface area (Å²) in [5.74, 6) is 0.737. The summed E-state index contributed by atoms with van der Waals surface area (Å²) < 4.78 is 5.15. The van der Waals surface area contributed by atoms with Gasteiger partial charge in [-0.3, -0.25) is 4.79 Å². The maximum absolute atomic E-state index is 12.8. The van der Waals surface area contributed by atoms with E-state index in [9.17, 15) is 9.59 Å². The Balaban J connectivity index is 1.42. The van der Waals surface area contributed by atoms with Gasteiger partial charge < -0.3 is 19.4 Å². The van der Waals surface area contributed by atoms with Gasteiger partial charge in [-0.1, -0.05) is 30.3 Å². The molecule has 0 aromatic heterocycles. The number of carbonyl (C=O) groups excluding carboxylic acids is 2. The van der Waals surface area contributed by atoms with E-state index in [-0.39, 0.29) is 18.0 Å². The van der Waals surface area contributed by atoms with Crippen molar-refractivity contribution in [2.45, 2.75) is 12.6 Å². The number of amides is 3. The smallest absolute Gasteiger partial charge is 0.320 e. The number of hydrogen-bond donors (Lipinski definition) is 0. The highest BCUT2D eigenvalue weighted by atomic mass is 16.5. The predicted octanol–water partition coefficient (Wildman–Crippen LogP) is 2.46. The van der Waals surface area contributed by atoms with Gasteiger partial charge in [0.05, 0.1) is 13.2 Å². The zero-order valence-electron chi connectivity index (χ0n) is 15.4. The fourth-order valence-electron chi connectivity index (χ4n) is 3.81. The number of hydrogen-bond acceptors (Lipinski definition) is 3. The average Bonchev–Trinajstić information content (AvgIpc) is 3.03. The molecule has 2 aliphatic rings. The van der Waals surface area contributed by atoms with Crippen LogP contribution in [0.3, 0.4) is 0 Å². The van der Waals surface area contributed by atoms with Gasteiger partial charge in [0.2, 0.25) is 0 Å². The van der Waals surface area contributed by atoms with Crippen molar-refractivity contribution in [3.8, 4) is 5.75 Å². The molecule has 27 heavy (non-hydrogen) atoms. The first-order chi connectivity index (χ1) is 13.2. The van der Waals surface area contributed by atoms with E-state index in [1.165, 1.54) is 0 Å². The van der Waals surface area contributed by atoms with Crippen LogP contribution in [0.4, 0.5) is 4.79 Å². The largest absolute Gasteiger partial charge is 0.497 e. The molecule has 2 heterocycles. The van der Waals surface area contributed by atoms with E-state index in [1.54, 1.807) is 31.4 Å². The Morgan fingerprint density at radius 1 is 1.04 bits per heavy atom. The van der Waals surface area contributed by atoms with Gasteiger partial charge in [-0.05, 0) is 29.8 Å². The second-order valence-electron chi connectivity index (χ2n) is 6.98. The maximum Gasteiger partial charge on any atom is 0.320 e. The Morgan fingerprint density at radius 2 is 1.78 bits per heavy atom. The lowest BCUT2D eigenvalue weighted by molar-refractivity contribution is 0.0617. The summed E-state index contributed by atoms with van der Waals surface area (Å²) in [6, 6.07) is 17.3. The zero-order chi connectivity index (χ0) is 18.8. The number of urea groups is 1. The molecule has 1 atom stereocenters. The van der Waals surface area contributed by atoms with Crippen LogP contribution in [0.1, 0.15) is 15.9 Å². The first-order valence-electron chi connectivity index (χ1n) is 9.18. The lowest BCUT2D eigenvalue weighted by atomic mass is 10.1. The van der Waals surface area contributed by atoms with Crippen molar-refractivity contribution in [2.75, 3.05) is 33.3 Å². The summed E-state index contributed by atoms with van der Waals surface area (Å²) in [6.07, 6.45) is 0. The Morgan fingerprint density at radius 3 is 2.48 bits per heavy atom. The molecule has 0 spiro atoms. The lowest BCUT2D eigenvalue weighted by Gasteiger charge is -2.36. The molecule has 6 nitrogen and oxygen atoms in total. The molecule has 2 saturated heterocycles. The predicted molar refractivity (Wildman–Crippen MR) is 102 cm³/mol. The summed E-state index contributed by atoms with van der Waals surface area (Å²) in [5.41, 5.74) is 1.77. The molecule has 2 aliphatic heterocycles. The first kappa shape index (κ1) is 17.4. The number of fused-ring (bicyclic) bond motifs is 1. The quantitative estimate of drug-likeness (QED) is 0.836. The van der Waals surface area contributed by atoms with Gasteiger partial charge in [0.25, 0.3) is 5.91 Å². The zero-order valence-corrected chi connectivity index (χ0v) is 15.4. The maximum atomic E-state index is 12.8. The van der Waals surface area contributed by atoms with Crippen LogP contribution in [-0.4, -0.2) is 66.0 Å². The molecule has 0 bridgehead atoms. The Hall–Kier alpha value is -3.02. The third-order valence-corrected chi connectivity index (χ3v) is 5.27. The van der Waals surface area contributed by atoms with Crippen LogP contribution < -0.4 is 4.74 Å². The van der Waals surface area contributed by atoms with Crippen molar-refractivity contribution in [3.05, 3.63) is 65.7 Å². The monoisotopic (exact) mass is 365 g/mol. The van der Waals surface area contributed by atoms with E-state index in [4.69, 9.17) is 4.74 Å². The van der Waals surface area contributed by atoms with Crippen molar-refractivity contribution in [1.29, 1.82) is 0 Å². The second kappa shape index (κ2) is 7.31. The molecule has 3 amide bonds. The number of rotatable bonds is 4. The van der Waals surface area contributed by atoms with Crippen molar-refractivity contribution >= 4 is 11.9 Å². The molecular weight excluding hydrogens is 342 g/mol. The SMILES string of the molecule is COc1ccc(C(=O)N2CCN3C(=O)N(Cc4ccccc4)C[C@H]3C2)cc1. The number of carbonyl (C=O) groups is 2. The highest BCUT2D eigenvalue weighted by Gasteiger charge is 2.41. The van der Waals surface area contributed by atoms with Crippen molar-refractivity contribution < 1.29 is 14.3 Å². The summed E-state index contributed by atoms with van der Waals surface area (Å²) in [6.45, 7) is 2.98. The normalized spacial score (nSPS) is 19.2. The number of nitrogens with zero attached hydrogens (tertiary/aromatic N) is 3. The van der Waals surface area contributed by atoms with E-state index < -0.39 is 0 Å². The van der Waals surface area contributed by atoms with Gasteiger partial charge in [0.15, 0.2) is 0 Å². The highest BCUT2D eigenvalue weighted by molar-refractivity contribution is 5.94. The van der Waals surface area contributed by atoms with Crippen LogP contribution in [0.25, 0.3) is 0 Å². The minimum atomic E-state index is 0.00580. The summed E-state index contributed by atoms with van der Waals surface area (Å²) in [7, 11) is 1.61. The minimum absolute atomic E-state index is 0.00580. The fraction of sp³-hybridized carbons (Fsp3) is 0.333. The van der Waals surface area contributed by atoms with Crippen LogP contribution in [-0.2, 0) is 6.54 Å². The molecule has 4 rings (SSSR count). The van der Waals surface area contributed by atoms with Gasteiger partial charge in [-0.2, -0.15) is 0 Å². The second-order valence-corrected chi connectivity index (χ2v) is 6.98. The van der Waals surface area contributed by atoms with Crippen molar-refractivity contribution in [1.82, 2.24) is 14.7 Å². The molecular formula is C21H23N3O3. The molecule has 2 fully saturated rings. The van der Waals surface area contributed by atoms with Crippen molar-refractivity contribution in [2.24, 2.45) is 0 Å². The summed E-state index contributed by atoms with van der Waals surface area (Å²) in [4.78, 5) is 31.1. The molecule has 0 radical (unpaired) electrons. The van der Waals surface area contributed by atoms with Gasteiger partial charge in [-0.25, -0.2) is 4.79 Å². The van der Waals surface area contributed by atoms with Gasteiger partial charge in [0.1, 0.15) is 5.75 Å². The lowest BCUT2D eigenvalue weighted by Crippen LogP contribution is -2.53. The van der Waals surface area contributed by atoms with Crippen molar-refractivity contribution in [3.63, 3.8) is 0 Å². The number of methoxy groups -OCH3 is 1. The molecule has 2 aromatic rings. The molecule has 2 aromatic carbocycles. The van der Waals surface area contributed by atoms with E-state index in [0.717, 1.165) is 11.3 Å². The number of ether oxygens (including phenoxy) is 1. The fourth-order valence-corrected chi connectivity index (χ4v) is 3.81. The van der Waals surface area contributed by atoms with E-state index in [0.29, 0.717) is 38.3 Å². The summed E-state index contributed by atoms with van der Waals surface area (Å²) >= 11 is 0. The van der Waals surface area contributed by atoms with E-state index in [1.807, 2.05) is 45.0 Å². The van der Waals surface area contributed by atoms with Crippen LogP contribution in [0, 0.1) is 0 Å². The molecule has 140 valence electrons. The Bertz CT molecular complexity index is 822. The first-order valence-corrected chi connectivity index (χ1v) is 9.18. The van der Waals surface area contributed by atoms with Gasteiger partial charge in [-0.15, -0.1) is 0 Å². The topological polar surface area (TPSA) is 53.1 Å². The van der Waals surface area contributed by atoms with Crippen LogP contribution >= 0.6 is 0 Å². The third-order valence-electron chi connectivity index (χ3n) is 5.27. The van der Waals surface area contributed by atoms with Crippen LogP contribution in [0.5, 0.6) is 5.75 Å². The van der Waals surface area contributed by atoms with E-state index >= 15 is 0 Å². The third kappa shape index (κ3) is 3.47. The van der Waals surface area contributed by atoms with Gasteiger partial charge >= 0.3 is 6.03 Å². The van der Waals surface area contributed by atoms with Crippen LogP contribution in [0.2, 0.25) is 0 Å². The number of piperazine rings is 1. The molecule has 6 heteroatoms. The van der Waals surface area contributed by atoms with Gasteiger partial charge in [0, 0.05) is 38.3 Å². The molecule has 0 N–H and O–H groups in total. The van der Waals surface area contributed by atoms with Crippen LogP contribution in [0.15, 0.2) is 54.6 Å². The Kier molecular flexibility index (Phi) is 4.71. The summed E-state index contributed by atoms with van der Waals surface area (Å²) in [5, 5.41) is 0. The molecule has 0 saturated carbocycles. The highest BCUT2D eigenvalue weighted by Crippen LogP contribution is 2.24.